The topological polar surface area (TPSA) is 49.4 Å². The molecule has 1 fully saturated rings. The maximum atomic E-state index is 14.0. The Morgan fingerprint density at radius 2 is 1.83 bits per heavy atom. The van der Waals surface area contributed by atoms with E-state index in [0.717, 1.165) is 31.6 Å². The van der Waals surface area contributed by atoms with Crippen LogP contribution in [0.4, 0.5) is 15.8 Å². The molecule has 0 saturated carbocycles. The van der Waals surface area contributed by atoms with Gasteiger partial charge in [-0.2, -0.15) is 0 Å². The lowest BCUT2D eigenvalue weighted by Crippen LogP contribution is -2.42. The van der Waals surface area contributed by atoms with Crippen LogP contribution in [0.3, 0.4) is 0 Å². The first-order valence-corrected chi connectivity index (χ1v) is 9.89. The minimum Gasteiger partial charge on any atom is -0.381 e. The van der Waals surface area contributed by atoms with Crippen LogP contribution in [0.5, 0.6) is 0 Å². The Kier molecular flexibility index (Phi) is 4.76. The molecule has 4 nitrogen and oxygen atoms in total. The Hall–Kier alpha value is -2.08. The molecule has 1 aliphatic rings. The van der Waals surface area contributed by atoms with Crippen molar-refractivity contribution in [2.75, 3.05) is 29.6 Å². The summed E-state index contributed by atoms with van der Waals surface area (Å²) in [5, 5.41) is 3.42. The molecule has 0 radical (unpaired) electrons. The van der Waals surface area contributed by atoms with E-state index in [2.05, 4.69) is 10.2 Å². The fourth-order valence-corrected chi connectivity index (χ4v) is 3.69. The number of halogens is 1. The molecular formula is C18H21FN2O2S. The number of rotatable bonds is 4. The number of nitrogens with one attached hydrogen (secondary N) is 1. The summed E-state index contributed by atoms with van der Waals surface area (Å²) in [6.45, 7) is 1.56. The van der Waals surface area contributed by atoms with Gasteiger partial charge in [-0.05, 0) is 49.2 Å². The Morgan fingerprint density at radius 3 is 2.50 bits per heavy atom. The van der Waals surface area contributed by atoms with E-state index in [1.807, 2.05) is 6.07 Å². The van der Waals surface area contributed by atoms with Gasteiger partial charge in [0.2, 0.25) is 0 Å². The molecule has 2 aromatic carbocycles. The monoisotopic (exact) mass is 348 g/mol. The van der Waals surface area contributed by atoms with Gasteiger partial charge in [-0.1, -0.05) is 12.1 Å². The quantitative estimate of drug-likeness (QED) is 0.921. The molecule has 0 aliphatic carbocycles. The standard InChI is InChI=1S/C18H21FN2O2S/c1-24(22,23)16-10-8-14(9-11-16)20-15-5-4-12-21(13-15)18-7-3-2-6-17(18)19/h2-3,6-11,15,20H,4-5,12-13H2,1H3. The molecule has 1 N–H and O–H groups in total. The third-order valence-electron chi connectivity index (χ3n) is 4.27. The van der Waals surface area contributed by atoms with Crippen molar-refractivity contribution in [2.24, 2.45) is 0 Å². The number of piperidine rings is 1. The lowest BCUT2D eigenvalue weighted by molar-refractivity contribution is 0.519. The smallest absolute Gasteiger partial charge is 0.175 e. The van der Waals surface area contributed by atoms with E-state index in [0.29, 0.717) is 10.6 Å². The lowest BCUT2D eigenvalue weighted by atomic mass is 10.0. The highest BCUT2D eigenvalue weighted by atomic mass is 32.2. The van der Waals surface area contributed by atoms with Gasteiger partial charge in [-0.15, -0.1) is 0 Å². The van der Waals surface area contributed by atoms with Gasteiger partial charge < -0.3 is 10.2 Å². The van der Waals surface area contributed by atoms with E-state index in [1.165, 1.54) is 12.3 Å². The van der Waals surface area contributed by atoms with Crippen LogP contribution in [0.15, 0.2) is 53.4 Å². The molecular weight excluding hydrogens is 327 g/mol. The average molecular weight is 348 g/mol. The lowest BCUT2D eigenvalue weighted by Gasteiger charge is -2.35. The predicted octanol–water partition coefficient (Wildman–Crippen LogP) is 3.31. The summed E-state index contributed by atoms with van der Waals surface area (Å²) in [5.41, 5.74) is 1.51. The van der Waals surface area contributed by atoms with Gasteiger partial charge in [0.25, 0.3) is 0 Å². The molecule has 24 heavy (non-hydrogen) atoms. The molecule has 128 valence electrons. The zero-order chi connectivity index (χ0) is 17.2. The second kappa shape index (κ2) is 6.81. The van der Waals surface area contributed by atoms with Crippen LogP contribution in [0.1, 0.15) is 12.8 Å². The van der Waals surface area contributed by atoms with E-state index < -0.39 is 9.84 Å². The summed E-state index contributed by atoms with van der Waals surface area (Å²) in [6, 6.07) is 13.8. The Bertz CT molecular complexity index is 806. The fraction of sp³-hybridized carbons (Fsp3) is 0.333. The van der Waals surface area contributed by atoms with Crippen molar-refractivity contribution in [3.63, 3.8) is 0 Å². The first-order chi connectivity index (χ1) is 11.4. The number of nitrogens with zero attached hydrogens (tertiary/aromatic N) is 1. The van der Waals surface area contributed by atoms with Crippen molar-refractivity contribution < 1.29 is 12.8 Å². The van der Waals surface area contributed by atoms with Gasteiger partial charge in [0.1, 0.15) is 5.82 Å². The van der Waals surface area contributed by atoms with Crippen LogP contribution in [0.25, 0.3) is 0 Å². The van der Waals surface area contributed by atoms with Gasteiger partial charge in [-0.3, -0.25) is 0 Å². The molecule has 6 heteroatoms. The molecule has 3 rings (SSSR count). The number of para-hydroxylation sites is 1. The number of sulfone groups is 1. The zero-order valence-electron chi connectivity index (χ0n) is 13.6. The molecule has 0 aromatic heterocycles. The highest BCUT2D eigenvalue weighted by Crippen LogP contribution is 2.24. The highest BCUT2D eigenvalue weighted by Gasteiger charge is 2.21. The Labute approximate surface area is 142 Å². The summed E-state index contributed by atoms with van der Waals surface area (Å²) in [7, 11) is -3.18. The van der Waals surface area contributed by atoms with Crippen molar-refractivity contribution >= 4 is 21.2 Å². The molecule has 1 atom stereocenters. The summed E-state index contributed by atoms with van der Waals surface area (Å²) >= 11 is 0. The van der Waals surface area contributed by atoms with Crippen LogP contribution in [-0.2, 0) is 9.84 Å². The van der Waals surface area contributed by atoms with E-state index in [1.54, 1.807) is 36.4 Å². The third-order valence-corrected chi connectivity index (χ3v) is 5.40. The number of anilines is 2. The predicted molar refractivity (Wildman–Crippen MR) is 94.8 cm³/mol. The summed E-state index contributed by atoms with van der Waals surface area (Å²) < 4.78 is 37.0. The normalized spacial score (nSPS) is 18.4. The highest BCUT2D eigenvalue weighted by molar-refractivity contribution is 7.90. The van der Waals surface area contributed by atoms with E-state index in [-0.39, 0.29) is 11.9 Å². The molecule has 1 saturated heterocycles. The van der Waals surface area contributed by atoms with Gasteiger partial charge in [0, 0.05) is 31.1 Å². The van der Waals surface area contributed by atoms with Crippen LogP contribution >= 0.6 is 0 Å². The van der Waals surface area contributed by atoms with Gasteiger partial charge in [-0.25, -0.2) is 12.8 Å². The van der Waals surface area contributed by atoms with Crippen molar-refractivity contribution in [3.8, 4) is 0 Å². The second-order valence-electron chi connectivity index (χ2n) is 6.18. The minimum atomic E-state index is -3.18. The number of benzene rings is 2. The van der Waals surface area contributed by atoms with Crippen LogP contribution in [-0.4, -0.2) is 33.8 Å². The first kappa shape index (κ1) is 16.8. The summed E-state index contributed by atoms with van der Waals surface area (Å²) in [6.07, 6.45) is 3.18. The third kappa shape index (κ3) is 3.87. The van der Waals surface area contributed by atoms with Gasteiger partial charge >= 0.3 is 0 Å². The Morgan fingerprint density at radius 1 is 1.12 bits per heavy atom. The molecule has 0 amide bonds. The summed E-state index contributed by atoms with van der Waals surface area (Å²) in [4.78, 5) is 2.37. The van der Waals surface area contributed by atoms with Crippen molar-refractivity contribution in [3.05, 3.63) is 54.3 Å². The molecule has 1 aliphatic heterocycles. The minimum absolute atomic E-state index is 0.197. The van der Waals surface area contributed by atoms with Crippen LogP contribution in [0.2, 0.25) is 0 Å². The maximum absolute atomic E-state index is 14.0. The van der Waals surface area contributed by atoms with Crippen LogP contribution < -0.4 is 10.2 Å². The first-order valence-electron chi connectivity index (χ1n) is 7.99. The molecule has 2 aromatic rings. The Balaban J connectivity index is 1.68. The second-order valence-corrected chi connectivity index (χ2v) is 8.19. The zero-order valence-corrected chi connectivity index (χ0v) is 14.4. The largest absolute Gasteiger partial charge is 0.381 e. The maximum Gasteiger partial charge on any atom is 0.175 e. The molecule has 0 spiro atoms. The van der Waals surface area contributed by atoms with Gasteiger partial charge in [0.15, 0.2) is 9.84 Å². The van der Waals surface area contributed by atoms with Crippen molar-refractivity contribution in [1.82, 2.24) is 0 Å². The molecule has 1 heterocycles. The van der Waals surface area contributed by atoms with Gasteiger partial charge in [0.05, 0.1) is 10.6 Å². The van der Waals surface area contributed by atoms with E-state index >= 15 is 0 Å². The SMILES string of the molecule is CS(=O)(=O)c1ccc(NC2CCCN(c3ccccc3F)C2)cc1. The van der Waals surface area contributed by atoms with E-state index in [4.69, 9.17) is 0 Å². The average Bonchev–Trinajstić information content (AvgIpc) is 2.55. The van der Waals surface area contributed by atoms with Crippen molar-refractivity contribution in [2.45, 2.75) is 23.8 Å². The number of hydrogen-bond acceptors (Lipinski definition) is 4. The van der Waals surface area contributed by atoms with E-state index in [9.17, 15) is 12.8 Å². The fourth-order valence-electron chi connectivity index (χ4n) is 3.06. The van der Waals surface area contributed by atoms with Crippen LogP contribution in [0, 0.1) is 5.82 Å². The molecule has 1 unspecified atom stereocenters. The van der Waals surface area contributed by atoms with Crippen molar-refractivity contribution in [1.29, 1.82) is 0 Å². The number of hydrogen-bond donors (Lipinski definition) is 1. The summed E-state index contributed by atoms with van der Waals surface area (Å²) in [5.74, 6) is -0.198. The molecule has 0 bridgehead atoms.